The molecule has 4 bridgehead atoms. The van der Waals surface area contributed by atoms with Crippen molar-refractivity contribution in [2.45, 2.75) is 77.2 Å². The van der Waals surface area contributed by atoms with Crippen LogP contribution in [0.4, 0.5) is 4.79 Å². The third-order valence-electron chi connectivity index (χ3n) is 8.70. The van der Waals surface area contributed by atoms with Gasteiger partial charge in [-0.3, -0.25) is 9.59 Å². The fourth-order valence-electron chi connectivity index (χ4n) is 6.41. The number of rotatable bonds is 4. The summed E-state index contributed by atoms with van der Waals surface area (Å²) in [6.07, 6.45) is 5.77. The summed E-state index contributed by atoms with van der Waals surface area (Å²) in [5.41, 5.74) is 8.47. The van der Waals surface area contributed by atoms with Gasteiger partial charge in [-0.2, -0.15) is 0 Å². The first-order chi connectivity index (χ1) is 20.9. The largest absolute Gasteiger partial charge is 0.439 e. The number of carbonyl (C=O) groups excluding carboxylic acids is 3. The minimum Gasteiger partial charge on any atom is -0.439 e. The molecule has 240 valence electrons. The van der Waals surface area contributed by atoms with Gasteiger partial charge in [-0.15, -0.1) is 0 Å². The fourth-order valence-corrected chi connectivity index (χ4v) is 6.41. The second-order valence-corrected chi connectivity index (χ2v) is 12.0. The van der Waals surface area contributed by atoms with E-state index in [4.69, 9.17) is 24.7 Å². The van der Waals surface area contributed by atoms with Crippen molar-refractivity contribution >= 4 is 17.8 Å². The standard InChI is InChI=1S/C33H45N3O8/c1-18-14-22-21(4)24(17-25(37)28(22)36-12-7-8-13-36)35-31(38)19(2)10-9-11-26(41-5)30(44-33(34)40)23-16-20(3)29(43-32(23)39)27(15-18)42-6/h9-11,16-18,20,26-27,29-30,32,39H,4,7-8,12-15H2,1-3,5-6H3,(H2,34,40)(H,35,38)/b11-9-,19-10+. The Labute approximate surface area is 259 Å². The number of carbonyl (C=O) groups is 3. The first-order valence-corrected chi connectivity index (χ1v) is 15.1. The molecule has 11 heteroatoms. The van der Waals surface area contributed by atoms with Gasteiger partial charge in [0.2, 0.25) is 5.78 Å². The summed E-state index contributed by atoms with van der Waals surface area (Å²) in [6, 6.07) is 0. The number of fused-ring (bicyclic) bond motifs is 10. The number of aliphatic hydroxyl groups is 1. The molecule has 7 atom stereocenters. The summed E-state index contributed by atoms with van der Waals surface area (Å²) < 4.78 is 23.0. The van der Waals surface area contributed by atoms with Crippen molar-refractivity contribution in [2.75, 3.05) is 27.3 Å². The van der Waals surface area contributed by atoms with E-state index in [1.807, 2.05) is 6.92 Å². The molecule has 11 nitrogen and oxygen atoms in total. The lowest BCUT2D eigenvalue weighted by atomic mass is 9.83. The summed E-state index contributed by atoms with van der Waals surface area (Å²) in [7, 11) is 3.03. The van der Waals surface area contributed by atoms with Crippen LogP contribution in [0.5, 0.6) is 0 Å². The first-order valence-electron chi connectivity index (χ1n) is 15.1. The molecule has 2 amide bonds. The van der Waals surface area contributed by atoms with E-state index in [1.54, 1.807) is 38.3 Å². The number of methoxy groups -OCH3 is 2. The number of allylic oxidation sites excluding steroid dienone is 4. The summed E-state index contributed by atoms with van der Waals surface area (Å²) in [4.78, 5) is 40.7. The number of primary amides is 1. The third kappa shape index (κ3) is 7.40. The maximum Gasteiger partial charge on any atom is 0.405 e. The van der Waals surface area contributed by atoms with E-state index in [1.165, 1.54) is 13.2 Å². The van der Waals surface area contributed by atoms with Crippen molar-refractivity contribution in [1.82, 2.24) is 10.2 Å². The van der Waals surface area contributed by atoms with Gasteiger partial charge in [0.05, 0.1) is 23.6 Å². The van der Waals surface area contributed by atoms with Crippen molar-refractivity contribution in [3.8, 4) is 0 Å². The maximum absolute atomic E-state index is 13.5. The number of nitrogens with zero attached hydrogens (tertiary/aromatic N) is 1. The van der Waals surface area contributed by atoms with Crippen LogP contribution >= 0.6 is 0 Å². The lowest BCUT2D eigenvalue weighted by Gasteiger charge is -2.39. The molecule has 4 N–H and O–H groups in total. The highest BCUT2D eigenvalue weighted by atomic mass is 16.6. The topological polar surface area (TPSA) is 150 Å². The van der Waals surface area contributed by atoms with E-state index >= 15 is 0 Å². The van der Waals surface area contributed by atoms with Crippen LogP contribution < -0.4 is 11.1 Å². The molecular formula is C33H45N3O8. The molecule has 0 saturated carbocycles. The number of likely N-dealkylation sites (tertiary alicyclic amines) is 1. The minimum atomic E-state index is -1.42. The van der Waals surface area contributed by atoms with Gasteiger partial charge in [0.1, 0.15) is 6.10 Å². The van der Waals surface area contributed by atoms with Crippen molar-refractivity contribution in [3.05, 3.63) is 70.6 Å². The molecule has 1 fully saturated rings. The normalized spacial score (nSPS) is 34.2. The van der Waals surface area contributed by atoms with Crippen LogP contribution in [0.3, 0.4) is 0 Å². The molecule has 0 aromatic heterocycles. The van der Waals surface area contributed by atoms with Crippen LogP contribution in [0.2, 0.25) is 0 Å². The Morgan fingerprint density at radius 1 is 1.18 bits per heavy atom. The van der Waals surface area contributed by atoms with Gasteiger partial charge in [-0.25, -0.2) is 4.79 Å². The number of nitrogens with one attached hydrogen (secondary N) is 1. The Hall–Kier alpha value is -3.51. The lowest BCUT2D eigenvalue weighted by molar-refractivity contribution is -0.182. The number of nitrogens with two attached hydrogens (primary N) is 1. The molecule has 5 aliphatic rings. The summed E-state index contributed by atoms with van der Waals surface area (Å²) in [5, 5.41) is 14.0. The minimum absolute atomic E-state index is 0.0159. The van der Waals surface area contributed by atoms with Gasteiger partial charge in [0, 0.05) is 50.4 Å². The van der Waals surface area contributed by atoms with E-state index in [0.717, 1.165) is 31.5 Å². The summed E-state index contributed by atoms with van der Waals surface area (Å²) >= 11 is 0. The van der Waals surface area contributed by atoms with Crippen LogP contribution in [0, 0.1) is 11.8 Å². The number of amides is 2. The Kier molecular flexibility index (Phi) is 11.0. The van der Waals surface area contributed by atoms with E-state index in [2.05, 4.69) is 23.7 Å². The van der Waals surface area contributed by atoms with Gasteiger partial charge in [0.15, 0.2) is 12.4 Å². The van der Waals surface area contributed by atoms with Crippen LogP contribution in [-0.4, -0.2) is 85.8 Å². The monoisotopic (exact) mass is 611 g/mol. The van der Waals surface area contributed by atoms with E-state index in [-0.39, 0.29) is 17.6 Å². The zero-order chi connectivity index (χ0) is 32.1. The molecule has 4 aliphatic heterocycles. The van der Waals surface area contributed by atoms with Gasteiger partial charge in [-0.05, 0) is 49.7 Å². The second kappa shape index (κ2) is 14.5. The summed E-state index contributed by atoms with van der Waals surface area (Å²) in [6.45, 7) is 11.6. The molecule has 7 unspecified atom stereocenters. The van der Waals surface area contributed by atoms with Crippen LogP contribution in [0.1, 0.15) is 46.5 Å². The van der Waals surface area contributed by atoms with Crippen molar-refractivity contribution in [1.29, 1.82) is 0 Å². The smallest absolute Gasteiger partial charge is 0.405 e. The maximum atomic E-state index is 13.5. The van der Waals surface area contributed by atoms with E-state index in [0.29, 0.717) is 41.0 Å². The molecule has 0 spiro atoms. The van der Waals surface area contributed by atoms with Crippen molar-refractivity contribution in [2.24, 2.45) is 17.6 Å². The average Bonchev–Trinajstić information content (AvgIpc) is 3.50. The van der Waals surface area contributed by atoms with E-state index < -0.39 is 42.7 Å². The number of aliphatic hydroxyl groups excluding tert-OH is 1. The molecule has 0 aromatic carbocycles. The number of hydrogen-bond donors (Lipinski definition) is 3. The zero-order valence-electron chi connectivity index (χ0n) is 26.2. The van der Waals surface area contributed by atoms with Crippen LogP contribution in [0.25, 0.3) is 0 Å². The Bertz CT molecular complexity index is 1310. The Morgan fingerprint density at radius 3 is 2.52 bits per heavy atom. The Morgan fingerprint density at radius 2 is 1.89 bits per heavy atom. The predicted octanol–water partition coefficient (Wildman–Crippen LogP) is 3.18. The number of ketones is 1. The fraction of sp³-hybridized carbons (Fsp3) is 0.545. The molecule has 4 heterocycles. The van der Waals surface area contributed by atoms with Gasteiger partial charge in [-0.1, -0.05) is 44.7 Å². The molecule has 5 rings (SSSR count). The van der Waals surface area contributed by atoms with Gasteiger partial charge >= 0.3 is 6.09 Å². The first kappa shape index (κ1) is 33.4. The van der Waals surface area contributed by atoms with E-state index in [9.17, 15) is 19.5 Å². The number of hydrogen-bond acceptors (Lipinski definition) is 9. The highest BCUT2D eigenvalue weighted by molar-refractivity contribution is 6.08. The highest BCUT2D eigenvalue weighted by Gasteiger charge is 2.41. The van der Waals surface area contributed by atoms with Gasteiger partial charge in [0.25, 0.3) is 5.91 Å². The molecule has 44 heavy (non-hydrogen) atoms. The molecular weight excluding hydrogens is 566 g/mol. The lowest BCUT2D eigenvalue weighted by Crippen LogP contribution is -2.47. The summed E-state index contributed by atoms with van der Waals surface area (Å²) in [5.74, 6) is -0.775. The Balaban J connectivity index is 1.78. The second-order valence-electron chi connectivity index (χ2n) is 12.0. The van der Waals surface area contributed by atoms with Crippen LogP contribution in [0.15, 0.2) is 70.6 Å². The molecule has 1 aliphatic carbocycles. The number of ether oxygens (including phenoxy) is 4. The average molecular weight is 612 g/mol. The highest BCUT2D eigenvalue weighted by Crippen LogP contribution is 2.37. The van der Waals surface area contributed by atoms with Crippen molar-refractivity contribution < 1.29 is 38.4 Å². The quantitative estimate of drug-likeness (QED) is 0.408. The predicted molar refractivity (Wildman–Crippen MR) is 164 cm³/mol. The third-order valence-corrected chi connectivity index (χ3v) is 8.70. The van der Waals surface area contributed by atoms with Crippen molar-refractivity contribution in [3.63, 3.8) is 0 Å². The molecule has 1 saturated heterocycles. The molecule has 0 radical (unpaired) electrons. The molecule has 0 aromatic rings. The van der Waals surface area contributed by atoms with Crippen LogP contribution in [-0.2, 0) is 28.5 Å². The zero-order valence-corrected chi connectivity index (χ0v) is 26.2. The van der Waals surface area contributed by atoms with Gasteiger partial charge < -0.3 is 40.0 Å². The SMILES string of the molecule is C=C1C2=CC(=O)C(N3CCCC3)=C1CC(C)CC(OC)C1OC(O)C(=CC1C)C(OC(N)=O)C(OC)/C=C\C=C(/C)C(=O)N2.